The fourth-order valence-corrected chi connectivity index (χ4v) is 2.50. The number of nitrogens with zero attached hydrogens (tertiary/aromatic N) is 1. The number of carbonyl (C=O) groups excluding carboxylic acids is 1. The quantitative estimate of drug-likeness (QED) is 0.841. The van der Waals surface area contributed by atoms with Gasteiger partial charge in [0.1, 0.15) is 0 Å². The van der Waals surface area contributed by atoms with E-state index in [0.717, 1.165) is 44.8 Å². The lowest BCUT2D eigenvalue weighted by Gasteiger charge is -2.28. The summed E-state index contributed by atoms with van der Waals surface area (Å²) in [6, 6.07) is 7.89. The topological polar surface area (TPSA) is 67.6 Å². The van der Waals surface area contributed by atoms with Crippen LogP contribution >= 0.6 is 0 Å². The smallest absolute Gasteiger partial charge is 0.225 e. The van der Waals surface area contributed by atoms with Gasteiger partial charge in [-0.05, 0) is 30.7 Å². The zero-order valence-electron chi connectivity index (χ0n) is 12.7. The molecule has 5 heteroatoms. The lowest BCUT2D eigenvalue weighted by Crippen LogP contribution is -2.36. The molecule has 5 nitrogen and oxygen atoms in total. The van der Waals surface area contributed by atoms with Crippen molar-refractivity contribution in [2.24, 2.45) is 5.73 Å². The fourth-order valence-electron chi connectivity index (χ4n) is 2.50. The standard InChI is InChI=1S/C16H25N3O2/c1-2-3-13(17)12-16(20)18-14-4-6-15(7-5-14)19-8-10-21-11-9-19/h4-7,13H,2-3,8-12,17H2,1H3,(H,18,20). The van der Waals surface area contributed by atoms with Crippen LogP contribution in [0.4, 0.5) is 11.4 Å². The molecule has 1 heterocycles. The zero-order chi connectivity index (χ0) is 15.1. The highest BCUT2D eigenvalue weighted by atomic mass is 16.5. The average Bonchev–Trinajstić information content (AvgIpc) is 2.49. The number of nitrogens with one attached hydrogen (secondary N) is 1. The van der Waals surface area contributed by atoms with Crippen LogP contribution in [0, 0.1) is 0 Å². The molecule has 0 aromatic heterocycles. The Labute approximate surface area is 126 Å². The van der Waals surface area contributed by atoms with E-state index in [0.29, 0.717) is 6.42 Å². The number of benzene rings is 1. The molecular weight excluding hydrogens is 266 g/mol. The predicted molar refractivity (Wildman–Crippen MR) is 85.6 cm³/mol. The zero-order valence-corrected chi connectivity index (χ0v) is 12.7. The Morgan fingerprint density at radius 3 is 2.62 bits per heavy atom. The Kier molecular flexibility index (Phi) is 6.02. The minimum Gasteiger partial charge on any atom is -0.378 e. The van der Waals surface area contributed by atoms with Gasteiger partial charge in [0.25, 0.3) is 0 Å². The Morgan fingerprint density at radius 2 is 2.00 bits per heavy atom. The highest BCUT2D eigenvalue weighted by Gasteiger charge is 2.12. The number of rotatable bonds is 6. The molecule has 0 bridgehead atoms. The molecule has 0 saturated carbocycles. The molecule has 1 fully saturated rings. The van der Waals surface area contributed by atoms with E-state index in [2.05, 4.69) is 17.1 Å². The van der Waals surface area contributed by atoms with E-state index in [9.17, 15) is 4.79 Å². The van der Waals surface area contributed by atoms with Gasteiger partial charge in [-0.1, -0.05) is 13.3 Å². The summed E-state index contributed by atoms with van der Waals surface area (Å²) in [7, 11) is 0. The summed E-state index contributed by atoms with van der Waals surface area (Å²) < 4.78 is 5.34. The monoisotopic (exact) mass is 291 g/mol. The molecule has 1 atom stereocenters. The van der Waals surface area contributed by atoms with Crippen molar-refractivity contribution in [1.29, 1.82) is 0 Å². The third-order valence-corrected chi connectivity index (χ3v) is 3.63. The van der Waals surface area contributed by atoms with Crippen molar-refractivity contribution in [2.45, 2.75) is 32.2 Å². The first-order valence-corrected chi connectivity index (χ1v) is 7.67. The summed E-state index contributed by atoms with van der Waals surface area (Å²) in [5, 5.41) is 2.90. The van der Waals surface area contributed by atoms with E-state index in [4.69, 9.17) is 10.5 Å². The molecule has 1 aliphatic rings. The normalized spacial score (nSPS) is 16.6. The first-order chi connectivity index (χ1) is 10.2. The molecule has 1 aromatic rings. The Morgan fingerprint density at radius 1 is 1.33 bits per heavy atom. The first-order valence-electron chi connectivity index (χ1n) is 7.67. The van der Waals surface area contributed by atoms with Gasteiger partial charge in [0.2, 0.25) is 5.91 Å². The van der Waals surface area contributed by atoms with Gasteiger partial charge >= 0.3 is 0 Å². The van der Waals surface area contributed by atoms with Crippen LogP contribution in [-0.4, -0.2) is 38.3 Å². The summed E-state index contributed by atoms with van der Waals surface area (Å²) in [6.45, 7) is 5.44. The first kappa shape index (κ1) is 15.8. The number of nitrogens with two attached hydrogens (primary N) is 1. The molecule has 1 amide bonds. The molecule has 0 aliphatic carbocycles. The number of anilines is 2. The van der Waals surface area contributed by atoms with E-state index in [1.165, 1.54) is 5.69 Å². The molecule has 21 heavy (non-hydrogen) atoms. The van der Waals surface area contributed by atoms with Gasteiger partial charge in [0.05, 0.1) is 13.2 Å². The largest absolute Gasteiger partial charge is 0.378 e. The van der Waals surface area contributed by atoms with Crippen molar-refractivity contribution in [3.8, 4) is 0 Å². The maximum atomic E-state index is 11.9. The van der Waals surface area contributed by atoms with Crippen LogP contribution in [0.25, 0.3) is 0 Å². The third kappa shape index (κ3) is 5.02. The van der Waals surface area contributed by atoms with Crippen LogP contribution in [0.3, 0.4) is 0 Å². The SMILES string of the molecule is CCCC(N)CC(=O)Nc1ccc(N2CCOCC2)cc1. The highest BCUT2D eigenvalue weighted by Crippen LogP contribution is 2.19. The number of morpholine rings is 1. The van der Waals surface area contributed by atoms with E-state index in [1.807, 2.05) is 24.3 Å². The van der Waals surface area contributed by atoms with Crippen LogP contribution in [0.2, 0.25) is 0 Å². The molecule has 1 aliphatic heterocycles. The Balaban J connectivity index is 1.85. The molecule has 2 rings (SSSR count). The summed E-state index contributed by atoms with van der Waals surface area (Å²) in [5.41, 5.74) is 7.87. The summed E-state index contributed by atoms with van der Waals surface area (Å²) >= 11 is 0. The summed E-state index contributed by atoms with van der Waals surface area (Å²) in [5.74, 6) is -0.0185. The van der Waals surface area contributed by atoms with E-state index in [1.54, 1.807) is 0 Å². The number of ether oxygens (including phenoxy) is 1. The molecule has 0 spiro atoms. The lowest BCUT2D eigenvalue weighted by atomic mass is 10.1. The molecule has 1 saturated heterocycles. The minimum absolute atomic E-state index is 0.0185. The second-order valence-corrected chi connectivity index (χ2v) is 5.45. The highest BCUT2D eigenvalue weighted by molar-refractivity contribution is 5.91. The summed E-state index contributed by atoms with van der Waals surface area (Å²) in [4.78, 5) is 14.2. The van der Waals surface area contributed by atoms with Gasteiger partial charge in [-0.3, -0.25) is 4.79 Å². The van der Waals surface area contributed by atoms with Crippen LogP contribution in [0.5, 0.6) is 0 Å². The number of carbonyl (C=O) groups is 1. The maximum absolute atomic E-state index is 11.9. The number of amides is 1. The molecule has 1 unspecified atom stereocenters. The molecule has 1 aromatic carbocycles. The van der Waals surface area contributed by atoms with E-state index >= 15 is 0 Å². The van der Waals surface area contributed by atoms with Crippen molar-refractivity contribution in [3.63, 3.8) is 0 Å². The van der Waals surface area contributed by atoms with Gasteiger partial charge < -0.3 is 20.7 Å². The Bertz CT molecular complexity index is 441. The Hall–Kier alpha value is -1.59. The molecule has 116 valence electrons. The van der Waals surface area contributed by atoms with Gasteiger partial charge in [-0.15, -0.1) is 0 Å². The van der Waals surface area contributed by atoms with Gasteiger partial charge in [0, 0.05) is 36.9 Å². The van der Waals surface area contributed by atoms with Crippen molar-refractivity contribution in [3.05, 3.63) is 24.3 Å². The lowest BCUT2D eigenvalue weighted by molar-refractivity contribution is -0.116. The van der Waals surface area contributed by atoms with Gasteiger partial charge in [-0.2, -0.15) is 0 Å². The maximum Gasteiger partial charge on any atom is 0.225 e. The van der Waals surface area contributed by atoms with Gasteiger partial charge in [0.15, 0.2) is 0 Å². The fraction of sp³-hybridized carbons (Fsp3) is 0.562. The molecule has 3 N–H and O–H groups in total. The second-order valence-electron chi connectivity index (χ2n) is 5.45. The van der Waals surface area contributed by atoms with E-state index < -0.39 is 0 Å². The predicted octanol–water partition coefficient (Wildman–Crippen LogP) is 1.98. The number of hydrogen-bond donors (Lipinski definition) is 2. The van der Waals surface area contributed by atoms with Crippen LogP contribution in [0.1, 0.15) is 26.2 Å². The van der Waals surface area contributed by atoms with Crippen LogP contribution in [0.15, 0.2) is 24.3 Å². The molecule has 0 radical (unpaired) electrons. The number of hydrogen-bond acceptors (Lipinski definition) is 4. The van der Waals surface area contributed by atoms with Crippen molar-refractivity contribution < 1.29 is 9.53 Å². The minimum atomic E-state index is -0.0531. The van der Waals surface area contributed by atoms with Crippen molar-refractivity contribution >= 4 is 17.3 Å². The third-order valence-electron chi connectivity index (χ3n) is 3.63. The second kappa shape index (κ2) is 8.00. The summed E-state index contributed by atoms with van der Waals surface area (Å²) in [6.07, 6.45) is 2.26. The molecular formula is C16H25N3O2. The van der Waals surface area contributed by atoms with Crippen LogP contribution in [-0.2, 0) is 9.53 Å². The van der Waals surface area contributed by atoms with Crippen molar-refractivity contribution in [2.75, 3.05) is 36.5 Å². The van der Waals surface area contributed by atoms with Crippen LogP contribution < -0.4 is 16.0 Å². The van der Waals surface area contributed by atoms with Gasteiger partial charge in [-0.25, -0.2) is 0 Å². The van der Waals surface area contributed by atoms with E-state index in [-0.39, 0.29) is 11.9 Å². The van der Waals surface area contributed by atoms with Crippen molar-refractivity contribution in [1.82, 2.24) is 0 Å². The average molecular weight is 291 g/mol.